The molecule has 3 aromatic carbocycles. The van der Waals surface area contributed by atoms with Gasteiger partial charge in [-0.3, -0.25) is 4.79 Å². The number of amidine groups is 1. The van der Waals surface area contributed by atoms with Crippen LogP contribution in [0, 0.1) is 0 Å². The molecule has 5 nitrogen and oxygen atoms in total. The zero-order chi connectivity index (χ0) is 21.0. The van der Waals surface area contributed by atoms with Crippen molar-refractivity contribution < 1.29 is 4.79 Å². The van der Waals surface area contributed by atoms with Crippen molar-refractivity contribution in [3.8, 4) is 0 Å². The van der Waals surface area contributed by atoms with Crippen LogP contribution < -0.4 is 15.6 Å². The molecule has 0 saturated carbocycles. The first kappa shape index (κ1) is 19.2. The lowest BCUT2D eigenvalue weighted by molar-refractivity contribution is -0.117. The van der Waals surface area contributed by atoms with E-state index in [-0.39, 0.29) is 11.8 Å². The lowest BCUT2D eigenvalue weighted by Gasteiger charge is -2.17. The van der Waals surface area contributed by atoms with Gasteiger partial charge in [-0.1, -0.05) is 60.7 Å². The molecule has 1 aromatic heterocycles. The van der Waals surface area contributed by atoms with Crippen molar-refractivity contribution in [1.29, 1.82) is 0 Å². The predicted octanol–water partition coefficient (Wildman–Crippen LogP) is 4.95. The van der Waals surface area contributed by atoms with E-state index in [9.17, 15) is 4.79 Å². The highest BCUT2D eigenvalue weighted by atomic mass is 32.1. The summed E-state index contributed by atoms with van der Waals surface area (Å²) in [6, 6.07) is 25.7. The lowest BCUT2D eigenvalue weighted by atomic mass is 9.91. The molecule has 31 heavy (non-hydrogen) atoms. The molecule has 4 aromatic rings. The van der Waals surface area contributed by atoms with Crippen molar-refractivity contribution in [3.63, 3.8) is 0 Å². The minimum Gasteiger partial charge on any atom is -0.325 e. The van der Waals surface area contributed by atoms with Crippen LogP contribution in [-0.2, 0) is 11.2 Å². The molecule has 1 aliphatic rings. The molecule has 1 radical (unpaired) electrons. The third-order valence-electron chi connectivity index (χ3n) is 5.23. The zero-order valence-electron chi connectivity index (χ0n) is 16.7. The quantitative estimate of drug-likeness (QED) is 0.460. The molecule has 1 amide bonds. The summed E-state index contributed by atoms with van der Waals surface area (Å²) in [5.41, 5.74) is 7.16. The number of anilines is 2. The Morgan fingerprint density at radius 3 is 2.55 bits per heavy atom. The maximum atomic E-state index is 13.3. The first-order valence-corrected chi connectivity index (χ1v) is 11.0. The van der Waals surface area contributed by atoms with Crippen molar-refractivity contribution in [2.45, 2.75) is 12.3 Å². The molecule has 6 heteroatoms. The van der Waals surface area contributed by atoms with Crippen LogP contribution in [0.15, 0.2) is 89.8 Å². The van der Waals surface area contributed by atoms with Crippen LogP contribution in [0.2, 0.25) is 0 Å². The molecule has 0 spiro atoms. The number of nitrogens with zero attached hydrogens (tertiary/aromatic N) is 2. The number of thiazole rings is 1. The summed E-state index contributed by atoms with van der Waals surface area (Å²) in [6.07, 6.45) is 0.636. The van der Waals surface area contributed by atoms with E-state index in [1.165, 1.54) is 11.3 Å². The fraction of sp³-hybridized carbons (Fsp3) is 0.0800. The van der Waals surface area contributed by atoms with Crippen molar-refractivity contribution >= 4 is 40.1 Å². The topological polar surface area (TPSA) is 68.1 Å². The van der Waals surface area contributed by atoms with E-state index in [4.69, 9.17) is 0 Å². The molecule has 2 heterocycles. The average Bonchev–Trinajstić information content (AvgIpc) is 3.48. The fourth-order valence-electron chi connectivity index (χ4n) is 3.66. The molecule has 0 bridgehead atoms. The third-order valence-corrected chi connectivity index (χ3v) is 5.81. The summed E-state index contributed by atoms with van der Waals surface area (Å²) in [4.78, 5) is 22.2. The summed E-state index contributed by atoms with van der Waals surface area (Å²) in [7, 11) is 0. The Morgan fingerprint density at radius 2 is 1.81 bits per heavy atom. The van der Waals surface area contributed by atoms with Crippen LogP contribution >= 0.6 is 11.3 Å². The van der Waals surface area contributed by atoms with Crippen LogP contribution in [0.25, 0.3) is 0 Å². The fourth-order valence-corrected chi connectivity index (χ4v) is 4.20. The second-order valence-electron chi connectivity index (χ2n) is 7.33. The molecular weight excluding hydrogens is 404 g/mol. The number of hydrogen-bond acceptors (Lipinski definition) is 5. The Morgan fingerprint density at radius 1 is 1.03 bits per heavy atom. The van der Waals surface area contributed by atoms with E-state index in [0.29, 0.717) is 6.42 Å². The van der Waals surface area contributed by atoms with Crippen LogP contribution in [0.4, 0.5) is 17.1 Å². The molecule has 0 fully saturated rings. The van der Waals surface area contributed by atoms with Gasteiger partial charge in [0, 0.05) is 17.1 Å². The van der Waals surface area contributed by atoms with Crippen molar-refractivity contribution in [1.82, 2.24) is 9.98 Å². The minimum absolute atomic E-state index is 0.0337. The van der Waals surface area contributed by atoms with E-state index in [0.717, 1.165) is 39.7 Å². The molecule has 1 aliphatic heterocycles. The Kier molecular flexibility index (Phi) is 5.29. The number of carbonyl (C=O) groups excluding carboxylic acids is 1. The van der Waals surface area contributed by atoms with E-state index < -0.39 is 0 Å². The number of carbonyl (C=O) groups is 1. The van der Waals surface area contributed by atoms with Crippen molar-refractivity contribution in [2.75, 3.05) is 10.6 Å². The van der Waals surface area contributed by atoms with Crippen LogP contribution in [-0.4, -0.2) is 16.7 Å². The van der Waals surface area contributed by atoms with Crippen molar-refractivity contribution in [3.05, 3.63) is 107 Å². The number of fused-ring (bicyclic) bond motifs is 1. The summed E-state index contributed by atoms with van der Waals surface area (Å²) >= 11 is 1.53. The van der Waals surface area contributed by atoms with Crippen LogP contribution in [0.3, 0.4) is 0 Å². The largest absolute Gasteiger partial charge is 0.348 e. The SMILES string of the molecule is O=C(Nc1ccc2c(c1)NC(c1cscn1)=[N+]2)C(Cc1ccccc1)c1ccccc1. The second kappa shape index (κ2) is 8.53. The second-order valence-corrected chi connectivity index (χ2v) is 8.05. The van der Waals surface area contributed by atoms with Gasteiger partial charge in [-0.05, 0) is 34.7 Å². The van der Waals surface area contributed by atoms with Crippen LogP contribution in [0.1, 0.15) is 22.7 Å². The molecule has 0 aliphatic carbocycles. The summed E-state index contributed by atoms with van der Waals surface area (Å²) in [6.45, 7) is 0. The Bertz CT molecular complexity index is 1220. The van der Waals surface area contributed by atoms with Gasteiger partial charge in [-0.15, -0.1) is 11.3 Å². The van der Waals surface area contributed by atoms with Gasteiger partial charge in [0.05, 0.1) is 11.4 Å². The van der Waals surface area contributed by atoms with E-state index in [1.807, 2.05) is 72.1 Å². The van der Waals surface area contributed by atoms with Gasteiger partial charge in [0.25, 0.3) is 0 Å². The molecule has 1 unspecified atom stereocenters. The van der Waals surface area contributed by atoms with Gasteiger partial charge in [-0.25, -0.2) is 10.3 Å². The van der Waals surface area contributed by atoms with E-state index in [1.54, 1.807) is 5.51 Å². The molecule has 1 atom stereocenters. The number of hydrogen-bond donors (Lipinski definition) is 2. The molecule has 5 rings (SSSR count). The van der Waals surface area contributed by atoms with Gasteiger partial charge in [0.1, 0.15) is 0 Å². The highest BCUT2D eigenvalue weighted by Crippen LogP contribution is 2.30. The maximum Gasteiger partial charge on any atom is 0.348 e. The number of amides is 1. The highest BCUT2D eigenvalue weighted by molar-refractivity contribution is 7.07. The number of benzene rings is 3. The highest BCUT2D eigenvalue weighted by Gasteiger charge is 2.28. The summed E-state index contributed by atoms with van der Waals surface area (Å²) in [5.74, 6) is 0.409. The first-order valence-electron chi connectivity index (χ1n) is 10.0. The first-order chi connectivity index (χ1) is 15.3. The molecule has 151 valence electrons. The van der Waals surface area contributed by atoms with Gasteiger partial charge < -0.3 is 5.32 Å². The third kappa shape index (κ3) is 4.25. The summed E-state index contributed by atoms with van der Waals surface area (Å²) in [5, 5.41) is 8.34. The van der Waals surface area contributed by atoms with E-state index in [2.05, 4.69) is 32.7 Å². The van der Waals surface area contributed by atoms with Crippen molar-refractivity contribution in [2.24, 2.45) is 0 Å². The Labute approximate surface area is 184 Å². The molecular formula is C25H20N4OS+. The zero-order valence-corrected chi connectivity index (χ0v) is 17.5. The summed E-state index contributed by atoms with van der Waals surface area (Å²) < 4.78 is 0. The Hall–Kier alpha value is -3.77. The predicted molar refractivity (Wildman–Crippen MR) is 126 cm³/mol. The van der Waals surface area contributed by atoms with Gasteiger partial charge in [0.15, 0.2) is 11.4 Å². The smallest absolute Gasteiger partial charge is 0.325 e. The Balaban J connectivity index is 1.35. The average molecular weight is 425 g/mol. The maximum absolute atomic E-state index is 13.3. The van der Waals surface area contributed by atoms with Gasteiger partial charge in [0.2, 0.25) is 11.6 Å². The monoisotopic (exact) mass is 424 g/mol. The number of nitrogens with one attached hydrogen (secondary N) is 2. The molecule has 2 N–H and O–H groups in total. The number of rotatable bonds is 6. The normalized spacial score (nSPS) is 13.1. The van der Waals surface area contributed by atoms with Gasteiger partial charge >= 0.3 is 5.84 Å². The standard InChI is InChI=1S/C25H20N4OS/c30-25(20(18-9-5-2-6-10-18)13-17-7-3-1-4-8-17)27-19-11-12-21-22(14-19)29-24(28-21)23-15-31-16-26-23/h1-12,14-16,20,29H,13H2,(H,27,30)/q+1. The number of aromatic nitrogens is 1. The van der Waals surface area contributed by atoms with Gasteiger partial charge in [-0.2, -0.15) is 0 Å². The number of aliphatic imine (C=N–C) groups is 1. The lowest BCUT2D eigenvalue weighted by Crippen LogP contribution is -2.23. The van der Waals surface area contributed by atoms with Crippen LogP contribution in [0.5, 0.6) is 0 Å². The van der Waals surface area contributed by atoms with E-state index >= 15 is 0 Å². The minimum atomic E-state index is -0.286. The molecule has 0 saturated heterocycles.